The molecule has 1 N–H and O–H groups in total. The summed E-state index contributed by atoms with van der Waals surface area (Å²) in [5.41, 5.74) is -0.990. The van der Waals surface area contributed by atoms with E-state index >= 15 is 0 Å². The Morgan fingerprint density at radius 3 is 1.53 bits per heavy atom. The van der Waals surface area contributed by atoms with Crippen molar-refractivity contribution in [2.75, 3.05) is 13.6 Å². The van der Waals surface area contributed by atoms with Gasteiger partial charge in [0.25, 0.3) is 11.4 Å². The maximum absolute atomic E-state index is 10.9. The van der Waals surface area contributed by atoms with E-state index in [9.17, 15) is 30.1 Å². The number of benzene rings is 2. The van der Waals surface area contributed by atoms with Crippen LogP contribution in [0.1, 0.15) is 44.6 Å². The first kappa shape index (κ1) is 32.4. The largest absolute Gasteiger partial charge is 0.454 e. The molecule has 2 atom stereocenters. The molecule has 0 bridgehead atoms. The molecule has 0 saturated heterocycles. The summed E-state index contributed by atoms with van der Waals surface area (Å²) < 4.78 is 24.1. The third kappa shape index (κ3) is 8.76. The van der Waals surface area contributed by atoms with Crippen LogP contribution in [0.2, 0.25) is 0 Å². The first-order valence-corrected chi connectivity index (χ1v) is 11.0. The predicted octanol–water partition coefficient (Wildman–Crippen LogP) is 6.36. The molecule has 17 heteroatoms. The van der Waals surface area contributed by atoms with Gasteiger partial charge in [-0.05, 0) is 49.2 Å². The van der Waals surface area contributed by atoms with Gasteiger partial charge in [0.2, 0.25) is 13.6 Å². The van der Waals surface area contributed by atoms with Crippen molar-refractivity contribution in [3.8, 4) is 23.0 Å². The van der Waals surface area contributed by atoms with Gasteiger partial charge in [0.15, 0.2) is 23.0 Å². The molecular formula is C21H21Cl3N2O12. The lowest BCUT2D eigenvalue weighted by Gasteiger charge is -2.12. The maximum Gasteiger partial charge on any atom is 0.404 e. The average molecular weight is 600 g/mol. The number of aliphatic hydroxyl groups is 1. The fourth-order valence-corrected chi connectivity index (χ4v) is 3.21. The third-order valence-corrected chi connectivity index (χ3v) is 4.68. The molecule has 0 spiro atoms. The zero-order chi connectivity index (χ0) is 27.9. The molecule has 2 aromatic carbocycles. The summed E-state index contributed by atoms with van der Waals surface area (Å²) in [5, 5.41) is 31.1. The number of fused-ring (bicyclic) bond motifs is 2. The topological polar surface area (TPSA) is 187 Å². The molecule has 208 valence electrons. The molecular weight excluding hydrogens is 579 g/mol. The molecule has 0 saturated carbocycles. The van der Waals surface area contributed by atoms with Crippen LogP contribution in [0, 0.1) is 20.2 Å². The van der Waals surface area contributed by atoms with Crippen molar-refractivity contribution < 1.29 is 48.2 Å². The zero-order valence-electron chi connectivity index (χ0n) is 18.8. The molecule has 2 aliphatic rings. The Hall–Kier alpha value is -3.59. The van der Waals surface area contributed by atoms with Crippen molar-refractivity contribution in [2.24, 2.45) is 0 Å². The molecule has 0 radical (unpaired) electrons. The number of aliphatic hydroxyl groups excluding tert-OH is 1. The van der Waals surface area contributed by atoms with Gasteiger partial charge in [-0.25, -0.2) is 4.79 Å². The summed E-state index contributed by atoms with van der Waals surface area (Å²) in [5.74, 6) is 1.42. The Kier molecular flexibility index (Phi) is 12.3. The standard InChI is InChI=1S/C10H8ClNO6.C9H9NO5.CCl2O.CH4/c1-5(18-10(11)13)6-2-8-9(17-4-16-8)3-7(6)12(14)15;1-5(11)6-2-8-9(15-4-14-8)3-7(6)10(12)13;2-1(3)4;/h2-3,5H,4H2,1H3;2-3,5,11H,4H2,1H3;;1H4. The molecule has 2 unspecified atom stereocenters. The van der Waals surface area contributed by atoms with E-state index in [0.29, 0.717) is 17.2 Å². The molecule has 0 amide bonds. The first-order valence-electron chi connectivity index (χ1n) is 9.86. The monoisotopic (exact) mass is 598 g/mol. The molecule has 0 aliphatic carbocycles. The second-order valence-corrected chi connectivity index (χ2v) is 8.13. The van der Waals surface area contributed by atoms with Crippen molar-refractivity contribution in [2.45, 2.75) is 33.5 Å². The minimum Gasteiger partial charge on any atom is -0.454 e. The van der Waals surface area contributed by atoms with Gasteiger partial charge in [0, 0.05) is 11.6 Å². The number of carbonyl (C=O) groups is 2. The number of nitro groups is 2. The Labute approximate surface area is 230 Å². The smallest absolute Gasteiger partial charge is 0.404 e. The summed E-state index contributed by atoms with van der Waals surface area (Å²) in [6.07, 6.45) is -1.77. The van der Waals surface area contributed by atoms with Crippen molar-refractivity contribution in [1.82, 2.24) is 0 Å². The van der Waals surface area contributed by atoms with Crippen molar-refractivity contribution >= 4 is 56.3 Å². The average Bonchev–Trinajstić information content (AvgIpc) is 3.45. The van der Waals surface area contributed by atoms with Crippen LogP contribution in [0.4, 0.5) is 21.0 Å². The van der Waals surface area contributed by atoms with Crippen molar-refractivity contribution in [1.29, 1.82) is 0 Å². The summed E-state index contributed by atoms with van der Waals surface area (Å²) in [4.78, 5) is 40.2. The van der Waals surface area contributed by atoms with Crippen LogP contribution in [0.5, 0.6) is 23.0 Å². The molecule has 0 fully saturated rings. The van der Waals surface area contributed by atoms with E-state index in [-0.39, 0.29) is 49.3 Å². The van der Waals surface area contributed by atoms with E-state index in [2.05, 4.69) is 23.2 Å². The molecule has 14 nitrogen and oxygen atoms in total. The van der Waals surface area contributed by atoms with Gasteiger partial charge in [-0.1, -0.05) is 7.43 Å². The second kappa shape index (κ2) is 14.4. The van der Waals surface area contributed by atoms with Crippen LogP contribution in [-0.2, 0) is 4.74 Å². The lowest BCUT2D eigenvalue weighted by molar-refractivity contribution is -0.386. The predicted molar refractivity (Wildman–Crippen MR) is 134 cm³/mol. The van der Waals surface area contributed by atoms with E-state index < -0.39 is 32.2 Å². The van der Waals surface area contributed by atoms with Gasteiger partial charge in [0.05, 0.1) is 39.2 Å². The van der Waals surface area contributed by atoms with E-state index in [4.69, 9.17) is 40.1 Å². The maximum atomic E-state index is 10.9. The Bertz CT molecular complexity index is 1200. The molecule has 2 aromatic rings. The summed E-state index contributed by atoms with van der Waals surface area (Å²) in [6.45, 7) is 2.99. The summed E-state index contributed by atoms with van der Waals surface area (Å²) >= 11 is 13.9. The molecule has 4 rings (SSSR count). The Morgan fingerprint density at radius 2 is 1.18 bits per heavy atom. The quantitative estimate of drug-likeness (QED) is 0.228. The highest BCUT2D eigenvalue weighted by molar-refractivity contribution is 6.93. The number of hydrogen-bond acceptors (Lipinski definition) is 12. The van der Waals surface area contributed by atoms with Gasteiger partial charge in [-0.15, -0.1) is 0 Å². The van der Waals surface area contributed by atoms with E-state index in [1.165, 1.54) is 38.1 Å². The Morgan fingerprint density at radius 1 is 0.842 bits per heavy atom. The highest BCUT2D eigenvalue weighted by atomic mass is 35.5. The first-order chi connectivity index (χ1) is 17.3. The number of halogens is 3. The van der Waals surface area contributed by atoms with Gasteiger partial charge in [-0.3, -0.25) is 25.0 Å². The highest BCUT2D eigenvalue weighted by Crippen LogP contribution is 2.41. The van der Waals surface area contributed by atoms with Crippen LogP contribution in [0.25, 0.3) is 0 Å². The number of hydrogen-bond donors (Lipinski definition) is 1. The number of nitro benzene ring substituents is 2. The fraction of sp³-hybridized carbons (Fsp3) is 0.333. The minimum atomic E-state index is -1.03. The van der Waals surface area contributed by atoms with Crippen LogP contribution in [0.3, 0.4) is 0 Å². The van der Waals surface area contributed by atoms with Crippen LogP contribution in [-0.4, -0.2) is 38.7 Å². The molecule has 38 heavy (non-hydrogen) atoms. The highest BCUT2D eigenvalue weighted by Gasteiger charge is 2.28. The van der Waals surface area contributed by atoms with Crippen LogP contribution >= 0.6 is 34.8 Å². The minimum absolute atomic E-state index is 0. The van der Waals surface area contributed by atoms with Gasteiger partial charge >= 0.3 is 10.1 Å². The lowest BCUT2D eigenvalue weighted by atomic mass is 10.1. The van der Waals surface area contributed by atoms with Gasteiger partial charge < -0.3 is 28.8 Å². The lowest BCUT2D eigenvalue weighted by Crippen LogP contribution is -2.05. The third-order valence-electron chi connectivity index (χ3n) is 4.59. The van der Waals surface area contributed by atoms with E-state index in [1.54, 1.807) is 0 Å². The van der Waals surface area contributed by atoms with Crippen molar-refractivity contribution in [3.63, 3.8) is 0 Å². The molecule has 0 aromatic heterocycles. The number of ether oxygens (including phenoxy) is 5. The van der Waals surface area contributed by atoms with Gasteiger partial charge in [0.1, 0.15) is 6.10 Å². The summed E-state index contributed by atoms with van der Waals surface area (Å²) in [7, 11) is 0. The molecule has 2 heterocycles. The number of nitrogens with zero attached hydrogens (tertiary/aromatic N) is 2. The zero-order valence-corrected chi connectivity index (χ0v) is 21.1. The Balaban J connectivity index is 0.000000329. The van der Waals surface area contributed by atoms with Crippen molar-refractivity contribution in [3.05, 3.63) is 55.6 Å². The fourth-order valence-electron chi connectivity index (χ4n) is 3.07. The van der Waals surface area contributed by atoms with E-state index in [1.807, 2.05) is 0 Å². The number of rotatable bonds is 5. The molecule has 2 aliphatic heterocycles. The second-order valence-electron chi connectivity index (χ2n) is 6.94. The number of carbonyl (C=O) groups excluding carboxylic acids is 2. The van der Waals surface area contributed by atoms with Crippen LogP contribution in [0.15, 0.2) is 24.3 Å². The van der Waals surface area contributed by atoms with Crippen LogP contribution < -0.4 is 18.9 Å². The normalized spacial score (nSPS) is 13.3. The van der Waals surface area contributed by atoms with Gasteiger partial charge in [-0.2, -0.15) is 0 Å². The van der Waals surface area contributed by atoms with E-state index in [0.717, 1.165) is 0 Å². The summed E-state index contributed by atoms with van der Waals surface area (Å²) in [6, 6.07) is 5.34. The SMILES string of the molecule is C.CC(O)c1cc2c(cc1[N+](=O)[O-])OCO2.CC(OC(=O)Cl)c1cc2c(cc1[N+](=O)[O-])OCO2.O=C(Cl)Cl.